The minimum Gasteiger partial charge on any atom is -0.550 e. The smallest absolute Gasteiger partial charge is 0.261 e. The topological polar surface area (TPSA) is 115 Å². The maximum Gasteiger partial charge on any atom is 0.261 e. The zero-order valence-electron chi connectivity index (χ0n) is 12.8. The molecule has 0 aromatic heterocycles. The zero-order valence-corrected chi connectivity index (χ0v) is 13.6. The molecule has 0 aliphatic heterocycles. The number of carbonyl (C=O) groups is 2. The number of hydrogen-bond acceptors (Lipinski definition) is 5. The number of sulfonamides is 1. The lowest BCUT2D eigenvalue weighted by Gasteiger charge is -2.10. The largest absolute Gasteiger partial charge is 0.550 e. The lowest BCUT2D eigenvalue weighted by Crippen LogP contribution is -2.24. The van der Waals surface area contributed by atoms with Gasteiger partial charge in [-0.3, -0.25) is 9.52 Å². The van der Waals surface area contributed by atoms with Gasteiger partial charge in [0.05, 0.1) is 4.90 Å². The fourth-order valence-electron chi connectivity index (χ4n) is 1.99. The van der Waals surface area contributed by atoms with Gasteiger partial charge in [0.1, 0.15) is 0 Å². The van der Waals surface area contributed by atoms with Gasteiger partial charge >= 0.3 is 0 Å². The van der Waals surface area contributed by atoms with Crippen molar-refractivity contribution in [1.82, 2.24) is 0 Å². The van der Waals surface area contributed by atoms with Crippen molar-refractivity contribution in [2.45, 2.75) is 18.2 Å². The molecule has 2 N–H and O–H groups in total. The maximum absolute atomic E-state index is 12.3. The molecule has 0 saturated carbocycles. The van der Waals surface area contributed by atoms with E-state index in [-0.39, 0.29) is 17.2 Å². The van der Waals surface area contributed by atoms with Crippen LogP contribution in [0.2, 0.25) is 0 Å². The summed E-state index contributed by atoms with van der Waals surface area (Å²) in [5.41, 5.74) is 1.31. The number of benzene rings is 2. The number of anilines is 2. The van der Waals surface area contributed by atoms with Crippen molar-refractivity contribution in [3.63, 3.8) is 0 Å². The summed E-state index contributed by atoms with van der Waals surface area (Å²) in [6.07, 6.45) is -0.238. The average Bonchev–Trinajstić information content (AvgIpc) is 2.48. The van der Waals surface area contributed by atoms with Gasteiger partial charge in [0.15, 0.2) is 0 Å². The van der Waals surface area contributed by atoms with E-state index in [1.807, 2.05) is 0 Å². The molecule has 0 aliphatic rings. The first-order chi connectivity index (χ1) is 11.3. The van der Waals surface area contributed by atoms with Crippen LogP contribution in [0.25, 0.3) is 0 Å². The van der Waals surface area contributed by atoms with Crippen molar-refractivity contribution in [1.29, 1.82) is 0 Å². The zero-order chi connectivity index (χ0) is 17.7. The molecule has 0 spiro atoms. The predicted octanol–water partition coefficient (Wildman–Crippen LogP) is 0.738. The van der Waals surface area contributed by atoms with Gasteiger partial charge in [-0.05, 0) is 42.0 Å². The van der Waals surface area contributed by atoms with E-state index in [0.717, 1.165) is 0 Å². The summed E-state index contributed by atoms with van der Waals surface area (Å²) in [4.78, 5) is 21.5. The fourth-order valence-corrected chi connectivity index (χ4v) is 3.05. The van der Waals surface area contributed by atoms with E-state index >= 15 is 0 Å². The van der Waals surface area contributed by atoms with Crippen LogP contribution in [0.5, 0.6) is 0 Å². The highest BCUT2D eigenvalue weighted by molar-refractivity contribution is 7.92. The third-order valence-corrected chi connectivity index (χ3v) is 4.44. The SMILES string of the molecule is CC(=O)Nc1ccc(S(=O)(=O)Nc2ccc(CC(=O)[O-])cc2)cc1. The van der Waals surface area contributed by atoms with Crippen molar-refractivity contribution in [2.75, 3.05) is 10.0 Å². The van der Waals surface area contributed by atoms with E-state index < -0.39 is 16.0 Å². The van der Waals surface area contributed by atoms with Crippen LogP contribution in [0.1, 0.15) is 12.5 Å². The first-order valence-electron chi connectivity index (χ1n) is 6.95. The molecule has 0 saturated heterocycles. The molecule has 0 atom stereocenters. The van der Waals surface area contributed by atoms with E-state index in [9.17, 15) is 23.1 Å². The van der Waals surface area contributed by atoms with Crippen molar-refractivity contribution >= 4 is 33.3 Å². The van der Waals surface area contributed by atoms with E-state index in [1.54, 1.807) is 0 Å². The second-order valence-corrected chi connectivity index (χ2v) is 6.74. The van der Waals surface area contributed by atoms with Crippen LogP contribution in [0.15, 0.2) is 53.4 Å². The first-order valence-corrected chi connectivity index (χ1v) is 8.44. The van der Waals surface area contributed by atoms with Crippen LogP contribution in [0.3, 0.4) is 0 Å². The highest BCUT2D eigenvalue weighted by Crippen LogP contribution is 2.19. The van der Waals surface area contributed by atoms with Crippen molar-refractivity contribution in [2.24, 2.45) is 0 Å². The number of amides is 1. The number of carbonyl (C=O) groups excluding carboxylic acids is 2. The lowest BCUT2D eigenvalue weighted by molar-refractivity contribution is -0.304. The summed E-state index contributed by atoms with van der Waals surface area (Å²) < 4.78 is 27.0. The number of hydrogen-bond donors (Lipinski definition) is 2. The molecule has 0 aliphatic carbocycles. The standard InChI is InChI=1S/C16H16N2O5S/c1-11(19)17-13-6-8-15(9-7-13)24(22,23)18-14-4-2-12(3-5-14)10-16(20)21/h2-9,18H,10H2,1H3,(H,17,19)(H,20,21)/p-1. The number of rotatable bonds is 6. The Morgan fingerprint density at radius 2 is 1.50 bits per heavy atom. The van der Waals surface area contributed by atoms with Gasteiger partial charge in [0.25, 0.3) is 10.0 Å². The second-order valence-electron chi connectivity index (χ2n) is 5.06. The van der Waals surface area contributed by atoms with Gasteiger partial charge in [-0.2, -0.15) is 0 Å². The summed E-state index contributed by atoms with van der Waals surface area (Å²) >= 11 is 0. The third-order valence-electron chi connectivity index (χ3n) is 3.04. The van der Waals surface area contributed by atoms with Crippen LogP contribution in [-0.4, -0.2) is 20.3 Å². The van der Waals surface area contributed by atoms with Crippen molar-refractivity contribution in [3.05, 3.63) is 54.1 Å². The Hall–Kier alpha value is -2.87. The Morgan fingerprint density at radius 3 is 2.00 bits per heavy atom. The molecule has 126 valence electrons. The summed E-state index contributed by atoms with van der Waals surface area (Å²) in [6, 6.07) is 11.7. The highest BCUT2D eigenvalue weighted by Gasteiger charge is 2.14. The van der Waals surface area contributed by atoms with Crippen molar-refractivity contribution < 1.29 is 23.1 Å². The van der Waals surface area contributed by atoms with E-state index in [2.05, 4.69) is 10.0 Å². The van der Waals surface area contributed by atoms with Crippen LogP contribution < -0.4 is 15.1 Å². The molecule has 0 radical (unpaired) electrons. The van der Waals surface area contributed by atoms with E-state index in [1.165, 1.54) is 55.5 Å². The Bertz CT molecular complexity index is 843. The number of carboxylic acids is 1. The van der Waals surface area contributed by atoms with Crippen molar-refractivity contribution in [3.8, 4) is 0 Å². The lowest BCUT2D eigenvalue weighted by atomic mass is 10.1. The molecule has 8 heteroatoms. The molecule has 2 rings (SSSR count). The van der Waals surface area contributed by atoms with Gasteiger partial charge in [0, 0.05) is 30.7 Å². The van der Waals surface area contributed by atoms with Crippen LogP contribution in [-0.2, 0) is 26.0 Å². The highest BCUT2D eigenvalue weighted by atomic mass is 32.2. The second kappa shape index (κ2) is 7.14. The van der Waals surface area contributed by atoms with E-state index in [0.29, 0.717) is 16.9 Å². The molecular formula is C16H15N2O5S-. The normalized spacial score (nSPS) is 10.9. The van der Waals surface area contributed by atoms with Crippen LogP contribution in [0.4, 0.5) is 11.4 Å². The summed E-state index contributed by atoms with van der Waals surface area (Å²) in [6.45, 7) is 1.36. The monoisotopic (exact) mass is 347 g/mol. The molecule has 24 heavy (non-hydrogen) atoms. The maximum atomic E-state index is 12.3. The molecule has 0 unspecified atom stereocenters. The average molecular weight is 347 g/mol. The molecule has 1 amide bonds. The summed E-state index contributed by atoms with van der Waals surface area (Å²) in [5.74, 6) is -1.46. The first kappa shape index (κ1) is 17.5. The minimum atomic E-state index is -3.79. The summed E-state index contributed by atoms with van der Waals surface area (Å²) in [7, 11) is -3.79. The quantitative estimate of drug-likeness (QED) is 0.799. The molecule has 0 bridgehead atoms. The molecule has 2 aromatic rings. The predicted molar refractivity (Wildman–Crippen MR) is 86.7 cm³/mol. The number of nitrogens with one attached hydrogen (secondary N) is 2. The van der Waals surface area contributed by atoms with Crippen LogP contribution >= 0.6 is 0 Å². The van der Waals surface area contributed by atoms with Gasteiger partial charge in [-0.15, -0.1) is 0 Å². The Labute approximate surface area is 139 Å². The minimum absolute atomic E-state index is 0.0374. The third kappa shape index (κ3) is 4.82. The fraction of sp³-hybridized carbons (Fsp3) is 0.125. The van der Waals surface area contributed by atoms with Gasteiger partial charge in [-0.25, -0.2) is 8.42 Å². The van der Waals surface area contributed by atoms with Gasteiger partial charge in [-0.1, -0.05) is 12.1 Å². The van der Waals surface area contributed by atoms with Crippen LogP contribution in [0, 0.1) is 0 Å². The Balaban J connectivity index is 2.12. The Kier molecular flexibility index (Phi) is 5.20. The molecule has 0 heterocycles. The van der Waals surface area contributed by atoms with Gasteiger partial charge in [0.2, 0.25) is 5.91 Å². The van der Waals surface area contributed by atoms with E-state index in [4.69, 9.17) is 0 Å². The summed E-state index contributed by atoms with van der Waals surface area (Å²) in [5, 5.41) is 13.1. The molecule has 7 nitrogen and oxygen atoms in total. The molecule has 2 aromatic carbocycles. The number of carboxylic acid groups (broad SMARTS) is 1. The van der Waals surface area contributed by atoms with Gasteiger partial charge < -0.3 is 15.2 Å². The molecule has 0 fully saturated rings. The number of aliphatic carboxylic acids is 1. The molecular weight excluding hydrogens is 332 g/mol. The Morgan fingerprint density at radius 1 is 0.958 bits per heavy atom.